The third-order valence-corrected chi connectivity index (χ3v) is 12.4. The van der Waals surface area contributed by atoms with Crippen LogP contribution in [-0.2, 0) is 43.3 Å². The molecule has 0 saturated carbocycles. The van der Waals surface area contributed by atoms with E-state index in [0.29, 0.717) is 5.56 Å². The lowest BCUT2D eigenvalue weighted by atomic mass is 9.95. The quantitative estimate of drug-likeness (QED) is 0.234. The fourth-order valence-corrected chi connectivity index (χ4v) is 9.44. The van der Waals surface area contributed by atoms with E-state index in [1.54, 1.807) is 44.2 Å². The summed E-state index contributed by atoms with van der Waals surface area (Å²) >= 11 is 1.31. The van der Waals surface area contributed by atoms with Crippen LogP contribution in [0.2, 0.25) is 0 Å². The van der Waals surface area contributed by atoms with E-state index in [-0.39, 0.29) is 6.42 Å². The number of ether oxygens (including phenoxy) is 2. The number of nitrogens with two attached hydrogens (primary N) is 1. The second kappa shape index (κ2) is 9.45. The zero-order valence-corrected chi connectivity index (χ0v) is 23.9. The van der Waals surface area contributed by atoms with E-state index in [2.05, 4.69) is 5.32 Å². The first-order chi connectivity index (χ1) is 18.6. The van der Waals surface area contributed by atoms with Gasteiger partial charge in [-0.2, -0.15) is 0 Å². The number of thioether (sulfide) groups is 1. The van der Waals surface area contributed by atoms with Crippen LogP contribution in [0.1, 0.15) is 45.7 Å². The molecule has 15 heteroatoms. The summed E-state index contributed by atoms with van der Waals surface area (Å²) in [4.78, 5) is 65.9. The largest absolute Gasteiger partial charge is 0.426 e. The lowest BCUT2D eigenvalue weighted by Gasteiger charge is -2.44. The van der Waals surface area contributed by atoms with Gasteiger partial charge in [0.2, 0.25) is 24.5 Å². The van der Waals surface area contributed by atoms with Crippen LogP contribution in [0.4, 0.5) is 0 Å². The molecule has 13 nitrogen and oxygen atoms in total. The molecule has 5 rings (SSSR count). The van der Waals surface area contributed by atoms with Gasteiger partial charge in [0, 0.05) is 4.75 Å². The smallest absolute Gasteiger partial charge is 0.333 e. The van der Waals surface area contributed by atoms with Gasteiger partial charge in [-0.05, 0) is 33.3 Å². The number of fused-ring (bicyclic) bond motifs is 2. The molecule has 1 aromatic carbocycles. The van der Waals surface area contributed by atoms with Gasteiger partial charge in [-0.1, -0.05) is 30.3 Å². The van der Waals surface area contributed by atoms with E-state index in [1.807, 2.05) is 0 Å². The van der Waals surface area contributed by atoms with Crippen LogP contribution in [0, 0.1) is 0 Å². The van der Waals surface area contributed by atoms with Crippen LogP contribution in [0.5, 0.6) is 0 Å². The summed E-state index contributed by atoms with van der Waals surface area (Å²) in [7, 11) is -3.80. The average Bonchev–Trinajstić information content (AvgIpc) is 3.22. The maximum absolute atomic E-state index is 13.0. The van der Waals surface area contributed by atoms with Gasteiger partial charge in [0.15, 0.2) is 9.84 Å². The van der Waals surface area contributed by atoms with Crippen molar-refractivity contribution in [3.8, 4) is 0 Å². The number of amides is 3. The Bertz CT molecular complexity index is 1400. The normalized spacial score (nSPS) is 31.3. The number of nitrogens with one attached hydrogen (secondary N) is 1. The van der Waals surface area contributed by atoms with Crippen molar-refractivity contribution in [2.45, 2.75) is 78.5 Å². The average molecular weight is 595 g/mol. The summed E-state index contributed by atoms with van der Waals surface area (Å²) in [6, 6.07) is 4.45. The monoisotopic (exact) mass is 594 g/mol. The number of rotatable bonds is 7. The minimum atomic E-state index is -3.80. The SMILES string of the molecule is CC1(C)S[C@@H]2[C@H](NC(=O)C(N)c3ccccc3)C(=O)N2C1C(=O)OCOC(=O)[C@@H]1N2C(=O)C[C@H]2S(=O)(=O)C1(C)C. The number of carbonyl (C=O) groups is 5. The van der Waals surface area contributed by atoms with Crippen molar-refractivity contribution in [3.63, 3.8) is 0 Å². The van der Waals surface area contributed by atoms with Gasteiger partial charge in [-0.15, -0.1) is 11.8 Å². The van der Waals surface area contributed by atoms with Crippen molar-refractivity contribution < 1.29 is 41.9 Å². The molecule has 216 valence electrons. The first kappa shape index (κ1) is 28.4. The molecule has 2 unspecified atom stereocenters. The van der Waals surface area contributed by atoms with Crippen LogP contribution >= 0.6 is 11.8 Å². The highest BCUT2D eigenvalue weighted by Crippen LogP contribution is 2.51. The van der Waals surface area contributed by atoms with E-state index < -0.39 is 90.7 Å². The van der Waals surface area contributed by atoms with Gasteiger partial charge in [0.25, 0.3) is 0 Å². The standard InChI is InChI=1S/C25H30N4O9S2/c1-24(2)17(29-20(32)16(21(29)39-24)27-19(31)15(26)12-8-6-5-7-9-12)22(33)37-11-38-23(34)18-25(3,4)40(35,36)14-10-13(30)28(14)18/h5-9,14-18,21H,10-11,26H2,1-4H3,(H,27,31)/t14-,15?,16-,17?,18+,21-/m1/s1. The molecule has 4 aliphatic rings. The lowest BCUT2D eigenvalue weighted by Crippen LogP contribution is -2.71. The summed E-state index contributed by atoms with van der Waals surface area (Å²) in [6.07, 6.45) is -0.191. The topological polar surface area (TPSA) is 182 Å². The third kappa shape index (κ3) is 4.08. The fraction of sp³-hybridized carbons (Fsp3) is 0.560. The summed E-state index contributed by atoms with van der Waals surface area (Å²) in [5.74, 6) is -3.32. The van der Waals surface area contributed by atoms with E-state index in [1.165, 1.54) is 30.5 Å². The Balaban J connectivity index is 1.19. The number of β-lactam (4-membered cyclic amide) rings is 2. The minimum Gasteiger partial charge on any atom is -0.426 e. The molecule has 4 aliphatic heterocycles. The van der Waals surface area contributed by atoms with Gasteiger partial charge >= 0.3 is 11.9 Å². The highest BCUT2D eigenvalue weighted by molar-refractivity contribution is 8.01. The van der Waals surface area contributed by atoms with Crippen molar-refractivity contribution in [2.24, 2.45) is 5.73 Å². The van der Waals surface area contributed by atoms with Crippen LogP contribution in [0.25, 0.3) is 0 Å². The molecule has 0 aromatic heterocycles. The predicted molar refractivity (Wildman–Crippen MR) is 140 cm³/mol. The lowest BCUT2D eigenvalue weighted by molar-refractivity contribution is -0.181. The molecule has 0 aliphatic carbocycles. The number of hydrogen-bond acceptors (Lipinski definition) is 11. The number of hydrogen-bond donors (Lipinski definition) is 2. The van der Waals surface area contributed by atoms with Crippen molar-refractivity contribution >= 4 is 51.3 Å². The Morgan fingerprint density at radius 1 is 1.05 bits per heavy atom. The Hall–Kier alpha value is -3.17. The number of sulfone groups is 1. The zero-order valence-electron chi connectivity index (χ0n) is 22.2. The van der Waals surface area contributed by atoms with E-state index >= 15 is 0 Å². The highest BCUT2D eigenvalue weighted by atomic mass is 32.2. The molecule has 0 spiro atoms. The number of benzene rings is 1. The van der Waals surface area contributed by atoms with Crippen LogP contribution < -0.4 is 11.1 Å². The molecule has 40 heavy (non-hydrogen) atoms. The molecule has 4 fully saturated rings. The van der Waals surface area contributed by atoms with Crippen molar-refractivity contribution in [1.82, 2.24) is 15.1 Å². The van der Waals surface area contributed by atoms with Crippen LogP contribution in [0.15, 0.2) is 30.3 Å². The first-order valence-electron chi connectivity index (χ1n) is 12.6. The Kier molecular flexibility index (Phi) is 6.70. The molecule has 4 heterocycles. The molecule has 0 radical (unpaired) electrons. The van der Waals surface area contributed by atoms with Crippen LogP contribution in [0.3, 0.4) is 0 Å². The highest BCUT2D eigenvalue weighted by Gasteiger charge is 2.68. The molecule has 6 atom stereocenters. The predicted octanol–water partition coefficient (Wildman–Crippen LogP) is -0.589. The molecule has 0 bridgehead atoms. The Morgan fingerprint density at radius 2 is 1.65 bits per heavy atom. The molecule has 4 saturated heterocycles. The van der Waals surface area contributed by atoms with E-state index in [4.69, 9.17) is 15.2 Å². The second-order valence-electron chi connectivity index (χ2n) is 11.2. The van der Waals surface area contributed by atoms with Crippen LogP contribution in [-0.4, -0.2) is 93.0 Å². The number of esters is 2. The van der Waals surface area contributed by atoms with Crippen molar-refractivity contribution in [2.75, 3.05) is 6.79 Å². The van der Waals surface area contributed by atoms with E-state index in [0.717, 1.165) is 4.90 Å². The molecule has 3 N–H and O–H groups in total. The third-order valence-electron chi connectivity index (χ3n) is 8.00. The molecular weight excluding hydrogens is 564 g/mol. The summed E-state index contributed by atoms with van der Waals surface area (Å²) < 4.78 is 33.3. The number of carbonyl (C=O) groups excluding carboxylic acids is 5. The van der Waals surface area contributed by atoms with Crippen molar-refractivity contribution in [1.29, 1.82) is 0 Å². The molecular formula is C25H30N4O9S2. The van der Waals surface area contributed by atoms with Crippen molar-refractivity contribution in [3.05, 3.63) is 35.9 Å². The van der Waals surface area contributed by atoms with E-state index in [9.17, 15) is 32.4 Å². The maximum Gasteiger partial charge on any atom is 0.333 e. The first-order valence-corrected chi connectivity index (χ1v) is 15.0. The second-order valence-corrected chi connectivity index (χ2v) is 15.6. The Morgan fingerprint density at radius 3 is 2.25 bits per heavy atom. The minimum absolute atomic E-state index is 0.191. The fourth-order valence-electron chi connectivity index (χ4n) is 5.69. The van der Waals surface area contributed by atoms with Gasteiger partial charge in [-0.3, -0.25) is 14.4 Å². The van der Waals surface area contributed by atoms with Gasteiger partial charge < -0.3 is 30.3 Å². The summed E-state index contributed by atoms with van der Waals surface area (Å²) in [5.41, 5.74) is 6.64. The molecule has 1 aromatic rings. The van der Waals surface area contributed by atoms with Gasteiger partial charge in [0.1, 0.15) is 34.9 Å². The zero-order chi connectivity index (χ0) is 29.4. The summed E-state index contributed by atoms with van der Waals surface area (Å²) in [6.45, 7) is 5.37. The molecule has 3 amide bonds. The Labute approximate surface area is 235 Å². The van der Waals surface area contributed by atoms with Gasteiger partial charge in [-0.25, -0.2) is 18.0 Å². The summed E-state index contributed by atoms with van der Waals surface area (Å²) in [5, 5.41) is 1.07. The van der Waals surface area contributed by atoms with Gasteiger partial charge in [0.05, 0.1) is 11.2 Å². The maximum atomic E-state index is 13.0. The number of nitrogens with zero attached hydrogens (tertiary/aromatic N) is 2.